The molecule has 0 aliphatic carbocycles. The first-order valence-electron chi connectivity index (χ1n) is 5.29. The quantitative estimate of drug-likeness (QED) is 0.808. The summed E-state index contributed by atoms with van der Waals surface area (Å²) in [7, 11) is 1.69. The fourth-order valence-electron chi connectivity index (χ4n) is 1.32. The van der Waals surface area contributed by atoms with Crippen molar-refractivity contribution < 1.29 is 4.74 Å². The van der Waals surface area contributed by atoms with Crippen molar-refractivity contribution in [2.45, 2.75) is 26.8 Å². The zero-order valence-electron chi connectivity index (χ0n) is 10.1. The van der Waals surface area contributed by atoms with Gasteiger partial charge in [0.15, 0.2) is 0 Å². The fourth-order valence-corrected chi connectivity index (χ4v) is 1.46. The molecule has 1 aromatic heterocycles. The van der Waals surface area contributed by atoms with E-state index in [4.69, 9.17) is 16.3 Å². The van der Waals surface area contributed by atoms with Crippen molar-refractivity contribution >= 4 is 17.4 Å². The molecule has 0 fully saturated rings. The summed E-state index contributed by atoms with van der Waals surface area (Å²) < 4.78 is 5.17. The monoisotopic (exact) mass is 243 g/mol. The van der Waals surface area contributed by atoms with Gasteiger partial charge < -0.3 is 10.1 Å². The summed E-state index contributed by atoms with van der Waals surface area (Å²) in [6.07, 6.45) is 1.71. The highest BCUT2D eigenvalue weighted by atomic mass is 35.5. The molecule has 0 amide bonds. The zero-order chi connectivity index (χ0) is 12.1. The predicted molar refractivity (Wildman–Crippen MR) is 65.9 cm³/mol. The standard InChI is InChI=1S/C11H18ClN3O/c1-7(2)9(6-16-4)14-10-8(3)5-13-11(12)15-10/h5,7,9H,6H2,1-4H3,(H,13,14,15). The van der Waals surface area contributed by atoms with Gasteiger partial charge in [0.1, 0.15) is 5.82 Å². The van der Waals surface area contributed by atoms with Crippen LogP contribution in [-0.4, -0.2) is 29.7 Å². The molecule has 0 aromatic carbocycles. The van der Waals surface area contributed by atoms with Gasteiger partial charge in [0.05, 0.1) is 12.6 Å². The van der Waals surface area contributed by atoms with Gasteiger partial charge in [0, 0.05) is 18.9 Å². The van der Waals surface area contributed by atoms with Gasteiger partial charge in [-0.3, -0.25) is 0 Å². The highest BCUT2D eigenvalue weighted by Crippen LogP contribution is 2.16. The average Bonchev–Trinajstić information content (AvgIpc) is 2.22. The Hall–Kier alpha value is -0.870. The number of nitrogens with zero attached hydrogens (tertiary/aromatic N) is 2. The predicted octanol–water partition coefficient (Wildman–Crippen LogP) is 2.52. The van der Waals surface area contributed by atoms with Crippen LogP contribution in [0.1, 0.15) is 19.4 Å². The van der Waals surface area contributed by atoms with Crippen LogP contribution in [0.3, 0.4) is 0 Å². The van der Waals surface area contributed by atoms with Crippen molar-refractivity contribution in [1.29, 1.82) is 0 Å². The maximum Gasteiger partial charge on any atom is 0.224 e. The normalized spacial score (nSPS) is 12.9. The van der Waals surface area contributed by atoms with E-state index in [1.807, 2.05) is 6.92 Å². The van der Waals surface area contributed by atoms with Gasteiger partial charge in [-0.15, -0.1) is 0 Å². The van der Waals surface area contributed by atoms with E-state index in [1.54, 1.807) is 13.3 Å². The molecule has 0 bridgehead atoms. The van der Waals surface area contributed by atoms with Crippen LogP contribution in [0.5, 0.6) is 0 Å². The Morgan fingerprint density at radius 1 is 1.50 bits per heavy atom. The molecular formula is C11H18ClN3O. The second kappa shape index (κ2) is 6.01. The lowest BCUT2D eigenvalue weighted by atomic mass is 10.1. The van der Waals surface area contributed by atoms with Crippen LogP contribution in [0.15, 0.2) is 6.20 Å². The summed E-state index contributed by atoms with van der Waals surface area (Å²) in [5.41, 5.74) is 0.978. The van der Waals surface area contributed by atoms with Crippen LogP contribution < -0.4 is 5.32 Å². The molecule has 90 valence electrons. The van der Waals surface area contributed by atoms with E-state index in [-0.39, 0.29) is 11.3 Å². The molecule has 0 radical (unpaired) electrons. The Morgan fingerprint density at radius 2 is 2.19 bits per heavy atom. The Balaban J connectivity index is 2.80. The van der Waals surface area contributed by atoms with E-state index in [2.05, 4.69) is 29.1 Å². The molecule has 1 atom stereocenters. The maximum atomic E-state index is 5.76. The molecule has 1 unspecified atom stereocenters. The van der Waals surface area contributed by atoms with Crippen LogP contribution in [0, 0.1) is 12.8 Å². The van der Waals surface area contributed by atoms with Crippen molar-refractivity contribution in [3.8, 4) is 0 Å². The van der Waals surface area contributed by atoms with Gasteiger partial charge in [-0.2, -0.15) is 0 Å². The lowest BCUT2D eigenvalue weighted by molar-refractivity contribution is 0.171. The number of aryl methyl sites for hydroxylation is 1. The largest absolute Gasteiger partial charge is 0.383 e. The minimum atomic E-state index is 0.217. The lowest BCUT2D eigenvalue weighted by Gasteiger charge is -2.22. The molecule has 4 nitrogen and oxygen atoms in total. The second-order valence-electron chi connectivity index (χ2n) is 4.12. The van der Waals surface area contributed by atoms with Crippen LogP contribution in [0.4, 0.5) is 5.82 Å². The summed E-state index contributed by atoms with van der Waals surface area (Å²) >= 11 is 5.76. The molecule has 16 heavy (non-hydrogen) atoms. The number of hydrogen-bond donors (Lipinski definition) is 1. The number of hydrogen-bond acceptors (Lipinski definition) is 4. The number of halogens is 1. The first-order valence-corrected chi connectivity index (χ1v) is 5.67. The highest BCUT2D eigenvalue weighted by Gasteiger charge is 2.14. The molecule has 0 aliphatic rings. The molecule has 0 spiro atoms. The average molecular weight is 244 g/mol. The third-order valence-corrected chi connectivity index (χ3v) is 2.60. The van der Waals surface area contributed by atoms with Crippen LogP contribution in [-0.2, 0) is 4.74 Å². The van der Waals surface area contributed by atoms with Crippen molar-refractivity contribution in [2.75, 3.05) is 19.0 Å². The minimum absolute atomic E-state index is 0.217. The molecule has 1 heterocycles. The molecule has 1 aromatic rings. The summed E-state index contributed by atoms with van der Waals surface area (Å²) in [6, 6.07) is 0.217. The van der Waals surface area contributed by atoms with Crippen LogP contribution in [0.25, 0.3) is 0 Å². The molecule has 0 saturated heterocycles. The molecular weight excluding hydrogens is 226 g/mol. The maximum absolute atomic E-state index is 5.76. The third-order valence-electron chi connectivity index (χ3n) is 2.42. The van der Waals surface area contributed by atoms with Gasteiger partial charge >= 0.3 is 0 Å². The van der Waals surface area contributed by atoms with Gasteiger partial charge in [0.2, 0.25) is 5.28 Å². The Morgan fingerprint density at radius 3 is 2.75 bits per heavy atom. The fraction of sp³-hybridized carbons (Fsp3) is 0.636. The number of rotatable bonds is 5. The van der Waals surface area contributed by atoms with Crippen molar-refractivity contribution in [2.24, 2.45) is 5.92 Å². The van der Waals surface area contributed by atoms with Gasteiger partial charge in [-0.1, -0.05) is 13.8 Å². The lowest BCUT2D eigenvalue weighted by Crippen LogP contribution is -2.31. The SMILES string of the molecule is COCC(Nc1nc(Cl)ncc1C)C(C)C. The van der Waals surface area contributed by atoms with E-state index in [0.29, 0.717) is 12.5 Å². The third kappa shape index (κ3) is 3.61. The van der Waals surface area contributed by atoms with Crippen molar-refractivity contribution in [3.05, 3.63) is 17.0 Å². The summed E-state index contributed by atoms with van der Waals surface area (Å²) in [6.45, 7) is 6.85. The minimum Gasteiger partial charge on any atom is -0.383 e. The number of methoxy groups -OCH3 is 1. The topological polar surface area (TPSA) is 47.0 Å². The van der Waals surface area contributed by atoms with E-state index in [9.17, 15) is 0 Å². The number of nitrogens with one attached hydrogen (secondary N) is 1. The summed E-state index contributed by atoms with van der Waals surface area (Å²) in [4.78, 5) is 8.09. The Labute approximate surface area is 101 Å². The van der Waals surface area contributed by atoms with Crippen LogP contribution >= 0.6 is 11.6 Å². The van der Waals surface area contributed by atoms with Gasteiger partial charge in [-0.05, 0) is 24.4 Å². The van der Waals surface area contributed by atoms with Crippen molar-refractivity contribution in [3.63, 3.8) is 0 Å². The first kappa shape index (κ1) is 13.2. The zero-order valence-corrected chi connectivity index (χ0v) is 10.9. The van der Waals surface area contributed by atoms with Gasteiger partial charge in [0.25, 0.3) is 0 Å². The number of ether oxygens (including phenoxy) is 1. The Bertz CT molecular complexity index is 344. The molecule has 5 heteroatoms. The molecule has 1 rings (SSSR count). The summed E-state index contributed by atoms with van der Waals surface area (Å²) in [5.74, 6) is 1.23. The molecule has 1 N–H and O–H groups in total. The smallest absolute Gasteiger partial charge is 0.224 e. The van der Waals surface area contributed by atoms with Crippen molar-refractivity contribution in [1.82, 2.24) is 9.97 Å². The highest BCUT2D eigenvalue weighted by molar-refractivity contribution is 6.28. The van der Waals surface area contributed by atoms with Gasteiger partial charge in [-0.25, -0.2) is 9.97 Å². The van der Waals surface area contributed by atoms with Crippen LogP contribution in [0.2, 0.25) is 5.28 Å². The van der Waals surface area contributed by atoms with E-state index in [1.165, 1.54) is 0 Å². The van der Waals surface area contributed by atoms with E-state index in [0.717, 1.165) is 11.4 Å². The number of aromatic nitrogens is 2. The Kier molecular flexibility index (Phi) is 4.96. The molecule has 0 aliphatic heterocycles. The first-order chi connectivity index (χ1) is 7.54. The van der Waals surface area contributed by atoms with E-state index >= 15 is 0 Å². The molecule has 0 saturated carbocycles. The summed E-state index contributed by atoms with van der Waals surface area (Å²) in [5, 5.41) is 3.59. The van der Waals surface area contributed by atoms with E-state index < -0.39 is 0 Å². The second-order valence-corrected chi connectivity index (χ2v) is 4.46. The number of anilines is 1.